The van der Waals surface area contributed by atoms with Crippen molar-refractivity contribution < 1.29 is 32.6 Å². The van der Waals surface area contributed by atoms with Gasteiger partial charge in [-0.05, 0) is 68.0 Å². The van der Waals surface area contributed by atoms with Crippen molar-refractivity contribution in [3.05, 3.63) is 91.9 Å². The molecule has 2 saturated heterocycles. The Morgan fingerprint density at radius 3 is 2.62 bits per heavy atom. The first-order valence-electron chi connectivity index (χ1n) is 17.8. The molecule has 6 heterocycles. The van der Waals surface area contributed by atoms with Gasteiger partial charge in [-0.15, -0.1) is 5.10 Å². The molecule has 2 amide bonds. The predicted octanol–water partition coefficient (Wildman–Crippen LogP) is 5.15. The molecule has 2 aromatic carbocycles. The van der Waals surface area contributed by atoms with E-state index < -0.39 is 29.1 Å². The Morgan fingerprint density at radius 2 is 1.85 bits per heavy atom. The van der Waals surface area contributed by atoms with Crippen LogP contribution in [0.25, 0.3) is 17.2 Å². The largest absolute Gasteiger partial charge is 0.504 e. The number of likely N-dealkylation sites (tertiary alicyclic amines) is 1. The molecule has 0 radical (unpaired) electrons. The minimum atomic E-state index is -4.62. The van der Waals surface area contributed by atoms with Crippen molar-refractivity contribution in [3.8, 4) is 17.1 Å². The molecule has 3 aliphatic rings. The van der Waals surface area contributed by atoms with Gasteiger partial charge in [0.1, 0.15) is 18.6 Å². The van der Waals surface area contributed by atoms with Gasteiger partial charge in [0.25, 0.3) is 11.5 Å². The Hall–Kier alpha value is -5.55. The summed E-state index contributed by atoms with van der Waals surface area (Å²) in [7, 11) is 0. The molecule has 3 aromatic heterocycles. The summed E-state index contributed by atoms with van der Waals surface area (Å²) in [6.45, 7) is 4.80. The Balaban J connectivity index is 1.20. The number of aryl methyl sites for hydroxylation is 1. The number of benzene rings is 2. The summed E-state index contributed by atoms with van der Waals surface area (Å²) >= 11 is 6.18. The van der Waals surface area contributed by atoms with E-state index >= 15 is 0 Å². The van der Waals surface area contributed by atoms with E-state index in [9.17, 15) is 32.7 Å². The number of nitrogens with one attached hydrogen (secondary N) is 1. The summed E-state index contributed by atoms with van der Waals surface area (Å²) in [5, 5.41) is 17.6. The zero-order chi connectivity index (χ0) is 38.8. The molecule has 2 fully saturated rings. The molecular weight excluding hydrogens is 743 g/mol. The third kappa shape index (κ3) is 6.44. The van der Waals surface area contributed by atoms with Gasteiger partial charge in [-0.2, -0.15) is 22.7 Å². The van der Waals surface area contributed by atoms with Crippen LogP contribution >= 0.6 is 11.6 Å². The van der Waals surface area contributed by atoms with Crippen LogP contribution in [0.1, 0.15) is 64.8 Å². The number of piperidine rings is 1. The first-order chi connectivity index (χ1) is 26.3. The highest BCUT2D eigenvalue weighted by Crippen LogP contribution is 2.37. The van der Waals surface area contributed by atoms with E-state index in [-0.39, 0.29) is 58.1 Å². The van der Waals surface area contributed by atoms with Gasteiger partial charge < -0.3 is 29.5 Å². The second-order valence-corrected chi connectivity index (χ2v) is 14.2. The van der Waals surface area contributed by atoms with E-state index in [0.29, 0.717) is 68.9 Å². The topological polar surface area (TPSA) is 160 Å². The summed E-state index contributed by atoms with van der Waals surface area (Å²) in [6.07, 6.45) is -1.28. The monoisotopic (exact) mass is 777 g/mol. The van der Waals surface area contributed by atoms with Crippen molar-refractivity contribution in [1.29, 1.82) is 0 Å². The molecule has 0 saturated carbocycles. The molecule has 5 aromatic rings. The van der Waals surface area contributed by atoms with Crippen LogP contribution in [0.15, 0.2) is 47.5 Å². The minimum Gasteiger partial charge on any atom is -0.504 e. The van der Waals surface area contributed by atoms with Gasteiger partial charge in [0.05, 0.1) is 46.9 Å². The van der Waals surface area contributed by atoms with Crippen LogP contribution in [-0.2, 0) is 41.9 Å². The maximum Gasteiger partial charge on any atom is 0.416 e. The molecule has 0 unspecified atom stereocenters. The molecule has 2 atom stereocenters. The van der Waals surface area contributed by atoms with Crippen LogP contribution in [-0.4, -0.2) is 76.1 Å². The second-order valence-electron chi connectivity index (χ2n) is 13.8. The van der Waals surface area contributed by atoms with Crippen molar-refractivity contribution in [1.82, 2.24) is 34.0 Å². The number of aromatic nitrogens is 6. The van der Waals surface area contributed by atoms with Crippen LogP contribution in [0.3, 0.4) is 0 Å². The molecule has 0 spiro atoms. The number of nitrogens with zero attached hydrogens (tertiary/aromatic N) is 8. The Bertz CT molecular complexity index is 2430. The number of halogens is 4. The van der Waals surface area contributed by atoms with Crippen LogP contribution in [0, 0.1) is 6.92 Å². The summed E-state index contributed by atoms with van der Waals surface area (Å²) in [4.78, 5) is 58.7. The van der Waals surface area contributed by atoms with Gasteiger partial charge in [-0.3, -0.25) is 14.4 Å². The third-order valence-corrected chi connectivity index (χ3v) is 10.9. The molecule has 286 valence electrons. The van der Waals surface area contributed by atoms with Crippen molar-refractivity contribution in [2.45, 2.75) is 77.5 Å². The zero-order valence-corrected chi connectivity index (χ0v) is 30.5. The van der Waals surface area contributed by atoms with Crippen LogP contribution in [0.5, 0.6) is 5.75 Å². The lowest BCUT2D eigenvalue weighted by atomic mass is 9.96. The van der Waals surface area contributed by atoms with E-state index in [4.69, 9.17) is 21.3 Å². The molecule has 2 N–H and O–H groups in total. The van der Waals surface area contributed by atoms with Crippen molar-refractivity contribution in [3.63, 3.8) is 0 Å². The molecule has 0 aliphatic carbocycles. The number of anilines is 2. The Labute approximate surface area is 316 Å². The van der Waals surface area contributed by atoms with E-state index in [2.05, 4.69) is 20.4 Å². The van der Waals surface area contributed by atoms with Crippen molar-refractivity contribution >= 4 is 40.6 Å². The first kappa shape index (κ1) is 36.4. The quantitative estimate of drug-likeness (QED) is 0.226. The van der Waals surface area contributed by atoms with Gasteiger partial charge in [0, 0.05) is 24.7 Å². The smallest absolute Gasteiger partial charge is 0.416 e. The average molecular weight is 778 g/mol. The number of hydrogen-bond donors (Lipinski definition) is 2. The Morgan fingerprint density at radius 1 is 1.05 bits per heavy atom. The summed E-state index contributed by atoms with van der Waals surface area (Å²) < 4.78 is 48.3. The van der Waals surface area contributed by atoms with Gasteiger partial charge >= 0.3 is 6.18 Å². The van der Waals surface area contributed by atoms with Crippen molar-refractivity contribution in [2.24, 2.45) is 0 Å². The number of fused-ring (bicyclic) bond motifs is 3. The summed E-state index contributed by atoms with van der Waals surface area (Å²) in [6, 6.07) is 7.73. The highest BCUT2D eigenvalue weighted by Gasteiger charge is 2.45. The summed E-state index contributed by atoms with van der Waals surface area (Å²) in [5.74, 6) is -0.987. The van der Waals surface area contributed by atoms with Crippen molar-refractivity contribution in [2.75, 3.05) is 23.3 Å². The molecular formula is C37H35ClF3N9O5. The fraction of sp³-hybridized carbons (Fsp3) is 0.378. The predicted molar refractivity (Wildman–Crippen MR) is 194 cm³/mol. The standard InChI is InChI=1S/C37H35ClF3N9O5/c1-3-26-31(47-12-10-28-27(47)5-4-11-48(28)34(53)30-32(52)19(2)42-18-43-30)35(54)50-36(45-33(46-50)20-6-7-21-16-55-17-22(21)13-20)49(26)15-29(51)44-25-9-8-23(14-24(25)38)37(39,40)41/h6-9,13-14,18,27-28,52H,3-5,10-12,15-17H2,1-2H3,(H,44,51)/t27-,28+/m0/s1. The maximum absolute atomic E-state index is 14.7. The molecule has 55 heavy (non-hydrogen) atoms. The van der Waals surface area contributed by atoms with E-state index in [0.717, 1.165) is 29.3 Å². The summed E-state index contributed by atoms with van der Waals surface area (Å²) in [5.41, 5.74) is 2.21. The van der Waals surface area contributed by atoms with Crippen LogP contribution < -0.4 is 15.8 Å². The van der Waals surface area contributed by atoms with Gasteiger partial charge in [0.2, 0.25) is 11.7 Å². The molecule has 3 aliphatic heterocycles. The first-order valence-corrected chi connectivity index (χ1v) is 18.2. The highest BCUT2D eigenvalue weighted by molar-refractivity contribution is 6.33. The molecule has 0 bridgehead atoms. The molecule has 18 heteroatoms. The van der Waals surface area contributed by atoms with E-state index in [1.54, 1.807) is 16.4 Å². The lowest BCUT2D eigenvalue weighted by Crippen LogP contribution is -2.53. The normalized spacial score (nSPS) is 18.1. The number of ether oxygens (including phenoxy) is 1. The van der Waals surface area contributed by atoms with Gasteiger partial charge in [0.15, 0.2) is 17.3 Å². The number of rotatable bonds is 7. The lowest BCUT2D eigenvalue weighted by Gasteiger charge is -2.40. The van der Waals surface area contributed by atoms with Gasteiger partial charge in [-0.1, -0.05) is 30.7 Å². The Kier molecular flexibility index (Phi) is 9.23. The average Bonchev–Trinajstić information content (AvgIpc) is 3.92. The maximum atomic E-state index is 14.7. The SMILES string of the molecule is CCc1c(N2CC[C@@H]3[C@@H]2CCCN3C(=O)c2ncnc(C)c2O)c(=O)n2nc(-c3ccc4c(c3)COC4)nc2n1CC(=O)Nc1ccc(C(F)(F)F)cc1Cl. The van der Waals surface area contributed by atoms with Gasteiger partial charge in [-0.25, -0.2) is 9.97 Å². The molecule has 14 nitrogen and oxygen atoms in total. The highest BCUT2D eigenvalue weighted by atomic mass is 35.5. The number of amides is 2. The number of carbonyl (C=O) groups excluding carboxylic acids is 2. The van der Waals surface area contributed by atoms with Crippen LogP contribution in [0.4, 0.5) is 24.5 Å². The second kappa shape index (κ2) is 13.9. The molecule has 8 rings (SSSR count). The minimum absolute atomic E-state index is 0.0169. The number of hydrogen-bond acceptors (Lipinski definition) is 10. The fourth-order valence-corrected chi connectivity index (χ4v) is 8.16. The number of alkyl halides is 3. The van der Waals surface area contributed by atoms with E-state index in [1.807, 2.05) is 30.0 Å². The number of carbonyl (C=O) groups is 2. The van der Waals surface area contributed by atoms with Crippen LogP contribution in [0.2, 0.25) is 5.02 Å². The third-order valence-electron chi connectivity index (χ3n) is 10.6. The fourth-order valence-electron chi connectivity index (χ4n) is 7.93. The van der Waals surface area contributed by atoms with E-state index in [1.165, 1.54) is 10.8 Å². The zero-order valence-electron chi connectivity index (χ0n) is 29.7. The lowest BCUT2D eigenvalue weighted by molar-refractivity contribution is -0.137. The number of aromatic hydroxyl groups is 1.